The van der Waals surface area contributed by atoms with Crippen LogP contribution in [0.1, 0.15) is 15.9 Å². The molecule has 0 fully saturated rings. The van der Waals surface area contributed by atoms with E-state index in [2.05, 4.69) is 0 Å². The first-order valence-corrected chi connectivity index (χ1v) is 6.83. The molecule has 2 aromatic carbocycles. The van der Waals surface area contributed by atoms with E-state index in [9.17, 15) is 35.9 Å². The van der Waals surface area contributed by atoms with Gasteiger partial charge in [-0.25, -0.2) is 4.79 Å². The maximum atomic E-state index is 12.8. The lowest BCUT2D eigenvalue weighted by molar-refractivity contribution is -0.167. The summed E-state index contributed by atoms with van der Waals surface area (Å²) < 4.78 is 75.2. The number of aromatic carboxylic acids is 1. The fraction of sp³-hybridized carbons (Fsp3) is 0.125. The van der Waals surface area contributed by atoms with E-state index >= 15 is 0 Å². The van der Waals surface area contributed by atoms with Crippen molar-refractivity contribution in [2.75, 3.05) is 5.32 Å². The number of carboxylic acids is 1. The molecular weight excluding hydrogens is 368 g/mol. The first kappa shape index (κ1) is 19.3. The number of carbonyl (C=O) groups is 2. The van der Waals surface area contributed by atoms with Crippen molar-refractivity contribution in [1.29, 1.82) is 0 Å². The molecule has 0 aliphatic carbocycles. The summed E-state index contributed by atoms with van der Waals surface area (Å²) in [5, 5.41) is 10.5. The van der Waals surface area contributed by atoms with Gasteiger partial charge >= 0.3 is 24.2 Å². The fourth-order valence-corrected chi connectivity index (χ4v) is 2.08. The molecule has 0 spiro atoms. The highest BCUT2D eigenvalue weighted by atomic mass is 19.4. The zero-order valence-electron chi connectivity index (χ0n) is 12.6. The third-order valence-corrected chi connectivity index (χ3v) is 3.28. The summed E-state index contributed by atoms with van der Waals surface area (Å²) in [5.74, 6) is -4.02. The normalized spacial score (nSPS) is 11.9. The number of carbonyl (C=O) groups excluding carboxylic acids is 1. The van der Waals surface area contributed by atoms with E-state index in [0.717, 1.165) is 36.4 Å². The number of carboxylic acid groups (broad SMARTS) is 1. The largest absolute Gasteiger partial charge is 0.478 e. The second-order valence-electron chi connectivity index (χ2n) is 5.10. The molecule has 10 heteroatoms. The molecule has 4 nitrogen and oxygen atoms in total. The summed E-state index contributed by atoms with van der Waals surface area (Å²) in [5.41, 5.74) is -2.26. The summed E-state index contributed by atoms with van der Waals surface area (Å²) in [6.07, 6.45) is -9.85. The van der Waals surface area contributed by atoms with Gasteiger partial charge < -0.3 is 10.4 Å². The molecule has 1 amide bonds. The fourth-order valence-electron chi connectivity index (χ4n) is 2.08. The van der Waals surface area contributed by atoms with E-state index in [1.165, 1.54) is 11.4 Å². The highest BCUT2D eigenvalue weighted by Crippen LogP contribution is 2.33. The van der Waals surface area contributed by atoms with Gasteiger partial charge in [-0.2, -0.15) is 26.3 Å². The van der Waals surface area contributed by atoms with Gasteiger partial charge in [0, 0.05) is 0 Å². The molecular formula is C16H9F6NO3. The summed E-state index contributed by atoms with van der Waals surface area (Å²) in [6, 6.07) is 6.84. The third-order valence-electron chi connectivity index (χ3n) is 3.28. The minimum atomic E-state index is -5.23. The molecule has 0 saturated heterocycles. The van der Waals surface area contributed by atoms with Crippen LogP contribution in [0, 0.1) is 0 Å². The highest BCUT2D eigenvalue weighted by molar-refractivity contribution is 6.03. The lowest BCUT2D eigenvalue weighted by Gasteiger charge is -2.13. The monoisotopic (exact) mass is 377 g/mol. The van der Waals surface area contributed by atoms with Gasteiger partial charge in [0.25, 0.3) is 0 Å². The van der Waals surface area contributed by atoms with E-state index in [4.69, 9.17) is 5.11 Å². The molecule has 0 aliphatic heterocycles. The molecule has 26 heavy (non-hydrogen) atoms. The number of hydrogen-bond acceptors (Lipinski definition) is 2. The molecule has 138 valence electrons. The maximum Gasteiger partial charge on any atom is 0.471 e. The predicted molar refractivity (Wildman–Crippen MR) is 78.5 cm³/mol. The van der Waals surface area contributed by atoms with Crippen molar-refractivity contribution in [3.63, 3.8) is 0 Å². The van der Waals surface area contributed by atoms with Crippen molar-refractivity contribution in [3.8, 4) is 11.1 Å². The average molecular weight is 377 g/mol. The van der Waals surface area contributed by atoms with Crippen LogP contribution >= 0.6 is 0 Å². The second kappa shape index (κ2) is 6.70. The third kappa shape index (κ3) is 4.32. The first-order chi connectivity index (χ1) is 11.9. The van der Waals surface area contributed by atoms with Gasteiger partial charge in [0.15, 0.2) is 0 Å². The Bertz CT molecular complexity index is 858. The predicted octanol–water partition coefficient (Wildman–Crippen LogP) is 4.57. The van der Waals surface area contributed by atoms with Gasteiger partial charge in [-0.05, 0) is 35.4 Å². The number of halogens is 6. The molecule has 0 bridgehead atoms. The van der Waals surface area contributed by atoms with Crippen molar-refractivity contribution < 1.29 is 41.0 Å². The Labute approximate surface area is 142 Å². The first-order valence-electron chi connectivity index (χ1n) is 6.83. The Morgan fingerprint density at radius 3 is 2.04 bits per heavy atom. The molecule has 0 saturated carbocycles. The van der Waals surface area contributed by atoms with Gasteiger partial charge in [0.1, 0.15) is 0 Å². The highest BCUT2D eigenvalue weighted by Gasteiger charge is 2.39. The van der Waals surface area contributed by atoms with Gasteiger partial charge in [0.2, 0.25) is 0 Å². The van der Waals surface area contributed by atoms with Crippen LogP contribution < -0.4 is 5.32 Å². The van der Waals surface area contributed by atoms with Gasteiger partial charge in [-0.15, -0.1) is 0 Å². The van der Waals surface area contributed by atoms with Gasteiger partial charge in [0.05, 0.1) is 16.8 Å². The number of nitrogens with one attached hydrogen (secondary N) is 1. The van der Waals surface area contributed by atoms with Crippen LogP contribution in [0.15, 0.2) is 42.5 Å². The number of benzene rings is 2. The van der Waals surface area contributed by atoms with Crippen LogP contribution in [-0.2, 0) is 11.0 Å². The average Bonchev–Trinajstić information content (AvgIpc) is 2.53. The van der Waals surface area contributed by atoms with E-state index < -0.39 is 41.0 Å². The molecule has 0 unspecified atom stereocenters. The van der Waals surface area contributed by atoms with Gasteiger partial charge in [-0.1, -0.05) is 18.2 Å². The summed E-state index contributed by atoms with van der Waals surface area (Å²) >= 11 is 0. The van der Waals surface area contributed by atoms with Crippen molar-refractivity contribution in [2.45, 2.75) is 12.4 Å². The van der Waals surface area contributed by atoms with E-state index in [1.54, 1.807) is 0 Å². The summed E-state index contributed by atoms with van der Waals surface area (Å²) in [4.78, 5) is 22.2. The van der Waals surface area contributed by atoms with Crippen molar-refractivity contribution >= 4 is 17.6 Å². The Hall–Kier alpha value is -3.04. The Kier molecular flexibility index (Phi) is 4.97. The molecule has 0 heterocycles. The Balaban J connectivity index is 2.46. The van der Waals surface area contributed by atoms with Crippen LogP contribution in [0.4, 0.5) is 32.0 Å². The molecule has 0 atom stereocenters. The van der Waals surface area contributed by atoms with Gasteiger partial charge in [-0.3, -0.25) is 4.79 Å². The number of anilines is 1. The zero-order valence-corrected chi connectivity index (χ0v) is 12.6. The van der Waals surface area contributed by atoms with E-state index in [0.29, 0.717) is 0 Å². The number of hydrogen-bond donors (Lipinski definition) is 2. The summed E-state index contributed by atoms with van der Waals surface area (Å²) in [7, 11) is 0. The molecule has 0 aromatic heterocycles. The smallest absolute Gasteiger partial charge is 0.471 e. The van der Waals surface area contributed by atoms with Crippen LogP contribution in [0.3, 0.4) is 0 Å². The lowest BCUT2D eigenvalue weighted by Crippen LogP contribution is -2.30. The number of amides is 1. The maximum absolute atomic E-state index is 12.8. The molecule has 2 rings (SSSR count). The number of rotatable bonds is 3. The van der Waals surface area contributed by atoms with Crippen molar-refractivity contribution in [2.24, 2.45) is 0 Å². The van der Waals surface area contributed by atoms with Crippen LogP contribution in [-0.4, -0.2) is 23.2 Å². The van der Waals surface area contributed by atoms with Crippen LogP contribution in [0.2, 0.25) is 0 Å². The topological polar surface area (TPSA) is 66.4 Å². The molecule has 0 aliphatic rings. The van der Waals surface area contributed by atoms with Crippen LogP contribution in [0.5, 0.6) is 0 Å². The quantitative estimate of drug-likeness (QED) is 0.770. The second-order valence-corrected chi connectivity index (χ2v) is 5.10. The number of alkyl halides is 6. The van der Waals surface area contributed by atoms with E-state index in [1.807, 2.05) is 0 Å². The molecule has 2 aromatic rings. The lowest BCUT2D eigenvalue weighted by atomic mass is 9.99. The Morgan fingerprint density at radius 1 is 0.885 bits per heavy atom. The molecule has 0 radical (unpaired) electrons. The SMILES string of the molecule is O=C(O)c1cc(-c2cccc(C(F)(F)F)c2)ccc1NC(=O)C(F)(F)F. The van der Waals surface area contributed by atoms with Crippen LogP contribution in [0.25, 0.3) is 11.1 Å². The van der Waals surface area contributed by atoms with Crippen molar-refractivity contribution in [1.82, 2.24) is 0 Å². The molecule has 2 N–H and O–H groups in total. The minimum Gasteiger partial charge on any atom is -0.478 e. The Morgan fingerprint density at radius 2 is 1.50 bits per heavy atom. The standard InChI is InChI=1S/C16H9F6NO3/c17-15(18,19)10-3-1-2-8(6-10)9-4-5-12(11(7-9)13(24)25)23-14(26)16(20,21)22/h1-7H,(H,23,26)(H,24,25). The summed E-state index contributed by atoms with van der Waals surface area (Å²) in [6.45, 7) is 0. The van der Waals surface area contributed by atoms with Crippen molar-refractivity contribution in [3.05, 3.63) is 53.6 Å². The zero-order chi connectivity index (χ0) is 19.7. The minimum absolute atomic E-state index is 0.0102. The van der Waals surface area contributed by atoms with E-state index in [-0.39, 0.29) is 11.1 Å².